The van der Waals surface area contributed by atoms with Gasteiger partial charge in [0, 0.05) is 13.5 Å². The van der Waals surface area contributed by atoms with E-state index in [1.54, 1.807) is 11.7 Å². The zero-order valence-electron chi connectivity index (χ0n) is 11.3. The number of aryl methyl sites for hydroxylation is 2. The van der Waals surface area contributed by atoms with Crippen molar-refractivity contribution < 1.29 is 18.3 Å². The average Bonchev–Trinajstić information content (AvgIpc) is 2.78. The fourth-order valence-electron chi connectivity index (χ4n) is 2.71. The maximum atomic E-state index is 11.5. The third kappa shape index (κ3) is 3.06. The van der Waals surface area contributed by atoms with Crippen molar-refractivity contribution >= 4 is 31.7 Å². The maximum absolute atomic E-state index is 11.5. The van der Waals surface area contributed by atoms with Crippen LogP contribution in [0.5, 0.6) is 0 Å². The first-order valence-electron chi connectivity index (χ1n) is 6.32. The Labute approximate surface area is 126 Å². The van der Waals surface area contributed by atoms with Crippen LogP contribution < -0.4 is 0 Å². The van der Waals surface area contributed by atoms with Gasteiger partial charge in [0.15, 0.2) is 9.84 Å². The van der Waals surface area contributed by atoms with Crippen molar-refractivity contribution in [3.63, 3.8) is 0 Å². The van der Waals surface area contributed by atoms with Crippen molar-refractivity contribution in [2.45, 2.75) is 19.8 Å². The maximum Gasteiger partial charge on any atom is 0.307 e. The van der Waals surface area contributed by atoms with Gasteiger partial charge in [-0.05, 0) is 35.2 Å². The Hall–Kier alpha value is -0.890. The smallest absolute Gasteiger partial charge is 0.307 e. The quantitative estimate of drug-likeness (QED) is 0.865. The summed E-state index contributed by atoms with van der Waals surface area (Å²) in [6, 6.07) is 0. The lowest BCUT2D eigenvalue weighted by Gasteiger charge is -2.18. The molecule has 1 aromatic heterocycles. The van der Waals surface area contributed by atoms with Crippen molar-refractivity contribution in [3.8, 4) is 0 Å². The fraction of sp³-hybridized carbons (Fsp3) is 0.667. The number of carboxylic acids is 1. The van der Waals surface area contributed by atoms with Crippen LogP contribution in [0.2, 0.25) is 0 Å². The Morgan fingerprint density at radius 1 is 1.60 bits per heavy atom. The summed E-state index contributed by atoms with van der Waals surface area (Å²) in [4.78, 5) is 11.5. The van der Waals surface area contributed by atoms with Gasteiger partial charge < -0.3 is 5.11 Å². The number of aromatic nitrogens is 2. The number of aliphatic carboxylic acids is 1. The van der Waals surface area contributed by atoms with E-state index in [4.69, 9.17) is 0 Å². The first kappa shape index (κ1) is 15.5. The van der Waals surface area contributed by atoms with Crippen molar-refractivity contribution in [1.82, 2.24) is 9.78 Å². The number of hydrogen-bond donors (Lipinski definition) is 1. The van der Waals surface area contributed by atoms with Crippen LogP contribution in [0, 0.1) is 18.8 Å². The molecule has 0 bridgehead atoms. The first-order valence-corrected chi connectivity index (χ1v) is 8.94. The Morgan fingerprint density at radius 2 is 2.25 bits per heavy atom. The number of carbonyl (C=O) groups is 1. The minimum Gasteiger partial charge on any atom is -0.481 e. The summed E-state index contributed by atoms with van der Waals surface area (Å²) in [6.07, 6.45) is 0.710. The van der Waals surface area contributed by atoms with Crippen LogP contribution in [0.3, 0.4) is 0 Å². The second-order valence-corrected chi connectivity index (χ2v) is 8.30. The van der Waals surface area contributed by atoms with Gasteiger partial charge >= 0.3 is 5.97 Å². The molecule has 20 heavy (non-hydrogen) atoms. The minimum absolute atomic E-state index is 0.0293. The number of rotatable bonds is 4. The van der Waals surface area contributed by atoms with E-state index in [1.807, 2.05) is 6.92 Å². The molecule has 2 rings (SSSR count). The van der Waals surface area contributed by atoms with E-state index < -0.39 is 21.7 Å². The van der Waals surface area contributed by atoms with Crippen LogP contribution >= 0.6 is 15.9 Å². The first-order chi connectivity index (χ1) is 9.21. The normalized spacial score (nSPS) is 22.9. The molecule has 6 nitrogen and oxygen atoms in total. The summed E-state index contributed by atoms with van der Waals surface area (Å²) < 4.78 is 25.5. The van der Waals surface area contributed by atoms with E-state index in [-0.39, 0.29) is 23.8 Å². The van der Waals surface area contributed by atoms with Gasteiger partial charge in [-0.2, -0.15) is 5.10 Å². The highest BCUT2D eigenvalue weighted by Gasteiger charge is 2.38. The molecule has 1 aliphatic rings. The van der Waals surface area contributed by atoms with Gasteiger partial charge in [0.1, 0.15) is 0 Å². The highest BCUT2D eigenvalue weighted by molar-refractivity contribution is 9.10. The van der Waals surface area contributed by atoms with E-state index in [2.05, 4.69) is 21.0 Å². The van der Waals surface area contributed by atoms with Crippen molar-refractivity contribution in [3.05, 3.63) is 15.9 Å². The Morgan fingerprint density at radius 3 is 2.65 bits per heavy atom. The molecule has 0 amide bonds. The van der Waals surface area contributed by atoms with E-state index in [0.717, 1.165) is 15.9 Å². The molecule has 2 unspecified atom stereocenters. The van der Waals surface area contributed by atoms with E-state index in [9.17, 15) is 18.3 Å². The molecule has 1 fully saturated rings. The number of nitrogens with zero attached hydrogens (tertiary/aromatic N) is 2. The minimum atomic E-state index is -3.08. The van der Waals surface area contributed by atoms with Crippen LogP contribution in [0.15, 0.2) is 4.47 Å². The van der Waals surface area contributed by atoms with E-state index in [1.165, 1.54) is 0 Å². The molecule has 8 heteroatoms. The molecule has 2 heterocycles. The molecule has 112 valence electrons. The zero-order valence-corrected chi connectivity index (χ0v) is 13.7. The predicted octanol–water partition coefficient (Wildman–Crippen LogP) is 1.17. The molecule has 0 aromatic carbocycles. The van der Waals surface area contributed by atoms with Crippen LogP contribution in [0.25, 0.3) is 0 Å². The van der Waals surface area contributed by atoms with Gasteiger partial charge in [-0.3, -0.25) is 9.48 Å². The van der Waals surface area contributed by atoms with E-state index in [0.29, 0.717) is 6.42 Å². The van der Waals surface area contributed by atoms with E-state index >= 15 is 0 Å². The van der Waals surface area contributed by atoms with Crippen LogP contribution in [-0.4, -0.2) is 40.8 Å². The number of halogens is 1. The van der Waals surface area contributed by atoms with Crippen LogP contribution in [0.1, 0.15) is 17.8 Å². The van der Waals surface area contributed by atoms with Gasteiger partial charge in [-0.15, -0.1) is 0 Å². The molecular formula is C12H17BrN2O4S. The molecule has 2 atom stereocenters. The van der Waals surface area contributed by atoms with Gasteiger partial charge in [0.05, 0.1) is 33.3 Å². The monoisotopic (exact) mass is 364 g/mol. The number of hydrogen-bond acceptors (Lipinski definition) is 4. The molecular weight excluding hydrogens is 348 g/mol. The SMILES string of the molecule is Cc1nn(C)c(CC(C(=O)O)C2CCS(=O)(=O)C2)c1Br. The van der Waals surface area contributed by atoms with Crippen LogP contribution in [0.4, 0.5) is 0 Å². The summed E-state index contributed by atoms with van der Waals surface area (Å²) in [5.41, 5.74) is 1.59. The molecule has 1 saturated heterocycles. The summed E-state index contributed by atoms with van der Waals surface area (Å²) >= 11 is 3.42. The molecule has 1 aromatic rings. The zero-order chi connectivity index (χ0) is 15.1. The third-order valence-electron chi connectivity index (χ3n) is 3.83. The second-order valence-electron chi connectivity index (χ2n) is 5.28. The van der Waals surface area contributed by atoms with Crippen molar-refractivity contribution in [1.29, 1.82) is 0 Å². The lowest BCUT2D eigenvalue weighted by atomic mass is 9.88. The molecule has 1 aliphatic heterocycles. The molecule has 0 saturated carbocycles. The molecule has 1 N–H and O–H groups in total. The molecule has 0 aliphatic carbocycles. The second kappa shape index (κ2) is 5.48. The fourth-order valence-corrected chi connectivity index (χ4v) is 5.08. The summed E-state index contributed by atoms with van der Waals surface area (Å²) in [5, 5.41) is 13.7. The number of sulfone groups is 1. The van der Waals surface area contributed by atoms with Gasteiger partial charge in [-0.1, -0.05) is 0 Å². The number of carboxylic acid groups (broad SMARTS) is 1. The average molecular weight is 365 g/mol. The summed E-state index contributed by atoms with van der Waals surface area (Å²) in [5.74, 6) is -1.90. The molecule has 0 radical (unpaired) electrons. The van der Waals surface area contributed by atoms with Gasteiger partial charge in [0.25, 0.3) is 0 Å². The van der Waals surface area contributed by atoms with Crippen molar-refractivity contribution in [2.24, 2.45) is 18.9 Å². The van der Waals surface area contributed by atoms with Crippen molar-refractivity contribution in [2.75, 3.05) is 11.5 Å². The lowest BCUT2D eigenvalue weighted by molar-refractivity contribution is -0.143. The van der Waals surface area contributed by atoms with Crippen LogP contribution in [-0.2, 0) is 28.1 Å². The Kier molecular flexibility index (Phi) is 4.24. The Balaban J connectivity index is 2.25. The van der Waals surface area contributed by atoms with Gasteiger partial charge in [0.2, 0.25) is 0 Å². The highest BCUT2D eigenvalue weighted by atomic mass is 79.9. The summed E-state index contributed by atoms with van der Waals surface area (Å²) in [6.45, 7) is 1.84. The molecule has 0 spiro atoms. The predicted molar refractivity (Wildman–Crippen MR) is 77.2 cm³/mol. The largest absolute Gasteiger partial charge is 0.481 e. The topological polar surface area (TPSA) is 89.3 Å². The third-order valence-corrected chi connectivity index (χ3v) is 6.65. The standard InChI is InChI=1S/C12H17BrN2O4S/c1-7-11(13)10(15(2)14-7)5-9(12(16)17)8-3-4-20(18,19)6-8/h8-9H,3-6H2,1-2H3,(H,16,17). The Bertz CT molecular complexity index is 638. The van der Waals surface area contributed by atoms with Gasteiger partial charge in [-0.25, -0.2) is 8.42 Å². The highest BCUT2D eigenvalue weighted by Crippen LogP contribution is 2.31. The lowest BCUT2D eigenvalue weighted by Crippen LogP contribution is -2.27. The summed E-state index contributed by atoms with van der Waals surface area (Å²) in [7, 11) is -1.32.